The van der Waals surface area contributed by atoms with E-state index in [1.165, 1.54) is 38.4 Å². The minimum absolute atomic E-state index is 0.182. The average molecular weight is 388 g/mol. The molecular weight excluding hydrogens is 373 g/mol. The topological polar surface area (TPSA) is 46.6 Å². The van der Waals surface area contributed by atoms with Gasteiger partial charge in [0.2, 0.25) is 10.0 Å². The molecule has 0 N–H and O–H groups in total. The van der Waals surface area contributed by atoms with Crippen molar-refractivity contribution in [3.8, 4) is 5.75 Å². The Bertz CT molecular complexity index is 778. The van der Waals surface area contributed by atoms with Gasteiger partial charge in [0.1, 0.15) is 18.2 Å². The molecule has 0 aromatic heterocycles. The lowest BCUT2D eigenvalue weighted by atomic mass is 10.2. The molecule has 0 aliphatic heterocycles. The van der Waals surface area contributed by atoms with E-state index in [1.54, 1.807) is 18.2 Å². The van der Waals surface area contributed by atoms with E-state index in [2.05, 4.69) is 15.9 Å². The van der Waals surface area contributed by atoms with Crippen LogP contribution >= 0.6 is 15.9 Å². The molecule has 0 radical (unpaired) electrons. The zero-order valence-corrected chi connectivity index (χ0v) is 14.5. The van der Waals surface area contributed by atoms with Crippen LogP contribution in [-0.2, 0) is 16.6 Å². The van der Waals surface area contributed by atoms with Gasteiger partial charge in [-0.3, -0.25) is 0 Å². The van der Waals surface area contributed by atoms with E-state index in [9.17, 15) is 12.8 Å². The number of rotatable bonds is 5. The Morgan fingerprint density at radius 2 is 1.91 bits per heavy atom. The molecule has 0 saturated carbocycles. The van der Waals surface area contributed by atoms with Crippen LogP contribution in [0, 0.1) is 5.82 Å². The van der Waals surface area contributed by atoms with Crippen LogP contribution < -0.4 is 4.74 Å². The number of hydrogen-bond acceptors (Lipinski definition) is 3. The lowest BCUT2D eigenvalue weighted by Crippen LogP contribution is -2.22. The number of sulfonamides is 1. The summed E-state index contributed by atoms with van der Waals surface area (Å²) in [5.74, 6) is 0.126. The fourth-order valence-electron chi connectivity index (χ4n) is 1.76. The summed E-state index contributed by atoms with van der Waals surface area (Å²) in [6, 6.07) is 10.6. The van der Waals surface area contributed by atoms with Crippen LogP contribution in [0.3, 0.4) is 0 Å². The second kappa shape index (κ2) is 6.76. The molecule has 0 aliphatic carbocycles. The first kappa shape index (κ1) is 16.9. The molecule has 4 nitrogen and oxygen atoms in total. The lowest BCUT2D eigenvalue weighted by Gasteiger charge is -2.13. The molecule has 0 atom stereocenters. The Morgan fingerprint density at radius 1 is 1.18 bits per heavy atom. The van der Waals surface area contributed by atoms with Gasteiger partial charge in [0.05, 0.1) is 9.37 Å². The maximum Gasteiger partial charge on any atom is 0.242 e. The van der Waals surface area contributed by atoms with E-state index in [0.29, 0.717) is 15.8 Å². The molecule has 0 bridgehead atoms. The average Bonchev–Trinajstić information content (AvgIpc) is 2.46. The molecule has 0 fully saturated rings. The summed E-state index contributed by atoms with van der Waals surface area (Å²) in [7, 11) is -0.517. The van der Waals surface area contributed by atoms with Gasteiger partial charge in [-0.25, -0.2) is 17.1 Å². The van der Waals surface area contributed by atoms with Crippen molar-refractivity contribution in [1.82, 2.24) is 4.31 Å². The number of benzene rings is 2. The maximum absolute atomic E-state index is 13.0. The second-order valence-corrected chi connectivity index (χ2v) is 7.80. The molecule has 0 amide bonds. The summed E-state index contributed by atoms with van der Waals surface area (Å²) < 4.78 is 44.4. The third-order valence-corrected chi connectivity index (χ3v) is 5.40. The first-order chi connectivity index (χ1) is 10.3. The summed E-state index contributed by atoms with van der Waals surface area (Å²) in [6.07, 6.45) is 0. The molecule has 7 heteroatoms. The molecular formula is C15H15BrFNO3S. The largest absolute Gasteiger partial charge is 0.488 e. The van der Waals surface area contributed by atoms with Crippen molar-refractivity contribution in [3.63, 3.8) is 0 Å². The van der Waals surface area contributed by atoms with Gasteiger partial charge < -0.3 is 4.74 Å². The van der Waals surface area contributed by atoms with Crippen molar-refractivity contribution in [2.24, 2.45) is 0 Å². The summed E-state index contributed by atoms with van der Waals surface area (Å²) in [5.41, 5.74) is 0.708. The van der Waals surface area contributed by atoms with Gasteiger partial charge in [0.25, 0.3) is 0 Å². The highest BCUT2D eigenvalue weighted by atomic mass is 79.9. The van der Waals surface area contributed by atoms with Crippen molar-refractivity contribution in [1.29, 1.82) is 0 Å². The Kier molecular flexibility index (Phi) is 5.20. The Balaban J connectivity index is 2.18. The van der Waals surface area contributed by atoms with E-state index in [0.717, 1.165) is 4.31 Å². The van der Waals surface area contributed by atoms with Crippen LogP contribution in [0.25, 0.3) is 0 Å². The van der Waals surface area contributed by atoms with Crippen LogP contribution in [0.2, 0.25) is 0 Å². The Hall–Kier alpha value is -1.44. The normalized spacial score (nSPS) is 11.7. The van der Waals surface area contributed by atoms with Gasteiger partial charge in [-0.15, -0.1) is 0 Å². The molecule has 2 rings (SSSR count). The van der Waals surface area contributed by atoms with Crippen molar-refractivity contribution < 1.29 is 17.5 Å². The van der Waals surface area contributed by atoms with Crippen LogP contribution in [0.4, 0.5) is 4.39 Å². The smallest absolute Gasteiger partial charge is 0.242 e. The number of hydrogen-bond donors (Lipinski definition) is 0. The van der Waals surface area contributed by atoms with Crippen molar-refractivity contribution >= 4 is 26.0 Å². The molecule has 0 heterocycles. The van der Waals surface area contributed by atoms with E-state index in [-0.39, 0.29) is 17.3 Å². The number of nitrogens with zero attached hydrogens (tertiary/aromatic N) is 1. The first-order valence-corrected chi connectivity index (χ1v) is 8.63. The van der Waals surface area contributed by atoms with Gasteiger partial charge in [-0.05, 0) is 51.8 Å². The van der Waals surface area contributed by atoms with Crippen molar-refractivity contribution in [2.75, 3.05) is 14.1 Å². The summed E-state index contributed by atoms with van der Waals surface area (Å²) >= 11 is 3.22. The second-order valence-electron chi connectivity index (χ2n) is 4.80. The molecule has 22 heavy (non-hydrogen) atoms. The molecule has 0 aliphatic rings. The fraction of sp³-hybridized carbons (Fsp3) is 0.200. The van der Waals surface area contributed by atoms with Gasteiger partial charge in [0.15, 0.2) is 0 Å². The van der Waals surface area contributed by atoms with Gasteiger partial charge in [-0.2, -0.15) is 0 Å². The SMILES string of the molecule is CN(C)S(=O)(=O)c1cccc(COc2ccc(F)cc2Br)c1. The van der Waals surface area contributed by atoms with Crippen LogP contribution in [-0.4, -0.2) is 26.8 Å². The van der Waals surface area contributed by atoms with Gasteiger partial charge in [-0.1, -0.05) is 12.1 Å². The highest BCUT2D eigenvalue weighted by molar-refractivity contribution is 9.10. The third kappa shape index (κ3) is 3.85. The van der Waals surface area contributed by atoms with Crippen LogP contribution in [0.15, 0.2) is 51.8 Å². The van der Waals surface area contributed by atoms with Crippen molar-refractivity contribution in [3.05, 3.63) is 58.3 Å². The van der Waals surface area contributed by atoms with E-state index < -0.39 is 10.0 Å². The van der Waals surface area contributed by atoms with Crippen LogP contribution in [0.5, 0.6) is 5.75 Å². The zero-order chi connectivity index (χ0) is 16.3. The highest BCUT2D eigenvalue weighted by Crippen LogP contribution is 2.26. The maximum atomic E-state index is 13.0. The predicted molar refractivity (Wildman–Crippen MR) is 85.7 cm³/mol. The molecule has 118 valence electrons. The molecule has 0 unspecified atom stereocenters. The monoisotopic (exact) mass is 387 g/mol. The minimum atomic E-state index is -3.48. The quantitative estimate of drug-likeness (QED) is 0.789. The zero-order valence-electron chi connectivity index (χ0n) is 12.1. The van der Waals surface area contributed by atoms with Crippen LogP contribution in [0.1, 0.15) is 5.56 Å². The molecule has 2 aromatic rings. The Morgan fingerprint density at radius 3 is 2.55 bits per heavy atom. The number of ether oxygens (including phenoxy) is 1. The predicted octanol–water partition coefficient (Wildman–Crippen LogP) is 3.42. The summed E-state index contributed by atoms with van der Waals surface area (Å²) in [5, 5.41) is 0. The number of halogens is 2. The summed E-state index contributed by atoms with van der Waals surface area (Å²) in [4.78, 5) is 0.205. The lowest BCUT2D eigenvalue weighted by molar-refractivity contribution is 0.303. The van der Waals surface area contributed by atoms with E-state index in [4.69, 9.17) is 4.74 Å². The highest BCUT2D eigenvalue weighted by Gasteiger charge is 2.17. The fourth-order valence-corrected chi connectivity index (χ4v) is 3.20. The van der Waals surface area contributed by atoms with Crippen molar-refractivity contribution in [2.45, 2.75) is 11.5 Å². The summed E-state index contributed by atoms with van der Waals surface area (Å²) in [6.45, 7) is 0.182. The third-order valence-electron chi connectivity index (χ3n) is 2.97. The molecule has 0 saturated heterocycles. The minimum Gasteiger partial charge on any atom is -0.488 e. The van der Waals surface area contributed by atoms with E-state index >= 15 is 0 Å². The molecule has 2 aromatic carbocycles. The standard InChI is InChI=1S/C15H15BrFNO3S/c1-18(2)22(19,20)13-5-3-4-11(8-13)10-21-15-7-6-12(17)9-14(15)16/h3-9H,10H2,1-2H3. The van der Waals surface area contributed by atoms with E-state index in [1.807, 2.05) is 0 Å². The van der Waals surface area contributed by atoms with Gasteiger partial charge >= 0.3 is 0 Å². The Labute approximate surface area is 137 Å². The van der Waals surface area contributed by atoms with Gasteiger partial charge in [0, 0.05) is 14.1 Å². The molecule has 0 spiro atoms. The first-order valence-electron chi connectivity index (χ1n) is 6.40.